The number of imide groups is 1. The standard InChI is InChI=1S/C17H17FN4O3/c1-17(11-5-7-12(18)8-6-11)15(23)22(16(24)19-17)9-13-20-21-14(25-13)10-3-2-4-10/h5-8,10H,2-4,9H2,1H3,(H,19,24)/t17-/m1/s1. The molecule has 3 amide bonds. The van der Waals surface area contributed by atoms with Gasteiger partial charge in [-0.3, -0.25) is 9.69 Å². The van der Waals surface area contributed by atoms with Gasteiger partial charge >= 0.3 is 6.03 Å². The normalized spacial score (nSPS) is 23.7. The molecule has 1 saturated heterocycles. The van der Waals surface area contributed by atoms with Gasteiger partial charge in [-0.15, -0.1) is 10.2 Å². The number of benzene rings is 1. The fraction of sp³-hybridized carbons (Fsp3) is 0.412. The molecular formula is C17H17FN4O3. The Bertz CT molecular complexity index is 831. The van der Waals surface area contributed by atoms with Crippen LogP contribution in [0.4, 0.5) is 9.18 Å². The van der Waals surface area contributed by atoms with Gasteiger partial charge in [0.1, 0.15) is 17.9 Å². The van der Waals surface area contributed by atoms with Crippen molar-refractivity contribution in [2.45, 2.75) is 44.2 Å². The van der Waals surface area contributed by atoms with E-state index in [0.29, 0.717) is 11.5 Å². The van der Waals surface area contributed by atoms with Crippen LogP contribution in [-0.2, 0) is 16.9 Å². The zero-order valence-corrected chi connectivity index (χ0v) is 13.7. The molecule has 1 N–H and O–H groups in total. The number of nitrogens with zero attached hydrogens (tertiary/aromatic N) is 3. The van der Waals surface area contributed by atoms with E-state index in [2.05, 4.69) is 15.5 Å². The molecule has 0 bridgehead atoms. The van der Waals surface area contributed by atoms with E-state index in [4.69, 9.17) is 4.42 Å². The van der Waals surface area contributed by atoms with E-state index in [1.165, 1.54) is 24.3 Å². The second-order valence-corrected chi connectivity index (χ2v) is 6.62. The molecule has 2 fully saturated rings. The third kappa shape index (κ3) is 2.57. The first-order chi connectivity index (χ1) is 12.0. The summed E-state index contributed by atoms with van der Waals surface area (Å²) in [6.07, 6.45) is 3.19. The van der Waals surface area contributed by atoms with Crippen LogP contribution in [0, 0.1) is 5.82 Å². The van der Waals surface area contributed by atoms with Gasteiger partial charge in [0, 0.05) is 5.92 Å². The molecule has 7 nitrogen and oxygen atoms in total. The van der Waals surface area contributed by atoms with Gasteiger partial charge in [0.25, 0.3) is 5.91 Å². The summed E-state index contributed by atoms with van der Waals surface area (Å²) in [6.45, 7) is 1.51. The number of amides is 3. The van der Waals surface area contributed by atoms with Crippen molar-refractivity contribution in [1.29, 1.82) is 0 Å². The van der Waals surface area contributed by atoms with Crippen LogP contribution in [0.15, 0.2) is 28.7 Å². The Labute approximate surface area is 143 Å². The molecule has 1 saturated carbocycles. The monoisotopic (exact) mass is 344 g/mol. The number of halogens is 1. The first-order valence-electron chi connectivity index (χ1n) is 8.20. The lowest BCUT2D eigenvalue weighted by Gasteiger charge is -2.22. The van der Waals surface area contributed by atoms with Gasteiger partial charge in [-0.05, 0) is 37.5 Å². The summed E-state index contributed by atoms with van der Waals surface area (Å²) < 4.78 is 18.7. The number of aromatic nitrogens is 2. The smallest absolute Gasteiger partial charge is 0.325 e. The summed E-state index contributed by atoms with van der Waals surface area (Å²) in [7, 11) is 0. The number of carbonyl (C=O) groups excluding carboxylic acids is 2. The number of urea groups is 1. The van der Waals surface area contributed by atoms with Gasteiger partial charge in [0.2, 0.25) is 11.8 Å². The molecule has 0 unspecified atom stereocenters. The summed E-state index contributed by atoms with van der Waals surface area (Å²) in [4.78, 5) is 26.1. The largest absolute Gasteiger partial charge is 0.423 e. The average Bonchev–Trinajstić information content (AvgIpc) is 3.06. The molecule has 2 aliphatic rings. The number of nitrogens with one attached hydrogen (secondary N) is 1. The summed E-state index contributed by atoms with van der Waals surface area (Å²) >= 11 is 0. The minimum absolute atomic E-state index is 0.0822. The van der Waals surface area contributed by atoms with Gasteiger partial charge in [0.15, 0.2) is 0 Å². The van der Waals surface area contributed by atoms with E-state index in [9.17, 15) is 14.0 Å². The third-order valence-electron chi connectivity index (χ3n) is 4.93. The SMILES string of the molecule is C[C@]1(c2ccc(F)cc2)NC(=O)N(Cc2nnc(C3CCC3)o2)C1=O. The van der Waals surface area contributed by atoms with Crippen molar-refractivity contribution in [3.8, 4) is 0 Å². The molecule has 130 valence electrons. The summed E-state index contributed by atoms with van der Waals surface area (Å²) in [5, 5.41) is 10.6. The van der Waals surface area contributed by atoms with Crippen molar-refractivity contribution in [2.24, 2.45) is 0 Å². The predicted molar refractivity (Wildman–Crippen MR) is 83.7 cm³/mol. The summed E-state index contributed by atoms with van der Waals surface area (Å²) in [6, 6.07) is 4.94. The molecule has 1 aliphatic heterocycles. The molecule has 2 aromatic rings. The van der Waals surface area contributed by atoms with E-state index in [1.807, 2.05) is 0 Å². The maximum atomic E-state index is 13.1. The van der Waals surface area contributed by atoms with Crippen LogP contribution in [-0.4, -0.2) is 27.0 Å². The number of hydrogen-bond donors (Lipinski definition) is 1. The molecular weight excluding hydrogens is 327 g/mol. The molecule has 1 atom stereocenters. The Balaban J connectivity index is 1.54. The first kappa shape index (κ1) is 15.7. The summed E-state index contributed by atoms with van der Waals surface area (Å²) in [5.41, 5.74) is -0.739. The van der Waals surface area contributed by atoms with Crippen molar-refractivity contribution >= 4 is 11.9 Å². The van der Waals surface area contributed by atoms with Gasteiger partial charge in [0.05, 0.1) is 0 Å². The number of carbonyl (C=O) groups is 2. The highest BCUT2D eigenvalue weighted by atomic mass is 19.1. The Hall–Kier alpha value is -2.77. The van der Waals surface area contributed by atoms with Crippen LogP contribution < -0.4 is 5.32 Å². The molecule has 4 rings (SSSR count). The lowest BCUT2D eigenvalue weighted by Crippen LogP contribution is -2.40. The maximum absolute atomic E-state index is 13.1. The van der Waals surface area contributed by atoms with E-state index in [0.717, 1.165) is 24.2 Å². The molecule has 1 aliphatic carbocycles. The predicted octanol–water partition coefficient (Wildman–Crippen LogP) is 2.44. The van der Waals surface area contributed by atoms with Gasteiger partial charge in [-0.25, -0.2) is 9.18 Å². The third-order valence-corrected chi connectivity index (χ3v) is 4.93. The quantitative estimate of drug-likeness (QED) is 0.861. The zero-order valence-electron chi connectivity index (χ0n) is 13.7. The van der Waals surface area contributed by atoms with E-state index in [-0.39, 0.29) is 18.4 Å². The second kappa shape index (κ2) is 5.65. The lowest BCUT2D eigenvalue weighted by molar-refractivity contribution is -0.131. The van der Waals surface area contributed by atoms with Crippen LogP contribution >= 0.6 is 0 Å². The van der Waals surface area contributed by atoms with Crippen LogP contribution in [0.25, 0.3) is 0 Å². The van der Waals surface area contributed by atoms with Crippen LogP contribution in [0.5, 0.6) is 0 Å². The van der Waals surface area contributed by atoms with E-state index < -0.39 is 23.3 Å². The van der Waals surface area contributed by atoms with Crippen LogP contribution in [0.2, 0.25) is 0 Å². The highest BCUT2D eigenvalue weighted by Crippen LogP contribution is 2.36. The van der Waals surface area contributed by atoms with Gasteiger partial charge < -0.3 is 9.73 Å². The van der Waals surface area contributed by atoms with Crippen molar-refractivity contribution in [2.75, 3.05) is 0 Å². The van der Waals surface area contributed by atoms with Gasteiger partial charge in [-0.1, -0.05) is 18.6 Å². The number of rotatable bonds is 4. The Morgan fingerprint density at radius 2 is 2.00 bits per heavy atom. The van der Waals surface area contributed by atoms with Crippen molar-refractivity contribution < 1.29 is 18.4 Å². The van der Waals surface area contributed by atoms with Crippen molar-refractivity contribution in [1.82, 2.24) is 20.4 Å². The molecule has 8 heteroatoms. The lowest BCUT2D eigenvalue weighted by atomic mass is 9.85. The maximum Gasteiger partial charge on any atom is 0.325 e. The highest BCUT2D eigenvalue weighted by Gasteiger charge is 2.49. The summed E-state index contributed by atoms with van der Waals surface area (Å²) in [5.74, 6) is 0.236. The fourth-order valence-electron chi connectivity index (χ4n) is 3.11. The minimum atomic E-state index is -1.25. The van der Waals surface area contributed by atoms with Crippen LogP contribution in [0.1, 0.15) is 49.4 Å². The minimum Gasteiger partial charge on any atom is -0.423 e. The highest BCUT2D eigenvalue weighted by molar-refractivity contribution is 6.07. The first-order valence-corrected chi connectivity index (χ1v) is 8.20. The Kier molecular flexibility index (Phi) is 3.55. The molecule has 1 aromatic carbocycles. The van der Waals surface area contributed by atoms with Crippen LogP contribution in [0.3, 0.4) is 0 Å². The second-order valence-electron chi connectivity index (χ2n) is 6.62. The fourth-order valence-corrected chi connectivity index (χ4v) is 3.11. The Morgan fingerprint density at radius 1 is 1.28 bits per heavy atom. The number of hydrogen-bond acceptors (Lipinski definition) is 5. The molecule has 0 radical (unpaired) electrons. The zero-order chi connectivity index (χ0) is 17.6. The average molecular weight is 344 g/mol. The van der Waals surface area contributed by atoms with Gasteiger partial charge in [-0.2, -0.15) is 0 Å². The van der Waals surface area contributed by atoms with Crippen molar-refractivity contribution in [3.63, 3.8) is 0 Å². The van der Waals surface area contributed by atoms with E-state index >= 15 is 0 Å². The molecule has 2 heterocycles. The molecule has 1 aromatic heterocycles. The topological polar surface area (TPSA) is 88.3 Å². The molecule has 25 heavy (non-hydrogen) atoms. The molecule has 0 spiro atoms. The van der Waals surface area contributed by atoms with Crippen molar-refractivity contribution in [3.05, 3.63) is 47.4 Å². The van der Waals surface area contributed by atoms with E-state index in [1.54, 1.807) is 6.92 Å². The Morgan fingerprint density at radius 3 is 2.64 bits per heavy atom.